The number of anilines is 1. The Balaban J connectivity index is 0.00000169. The van der Waals surface area contributed by atoms with Crippen LogP contribution in [0.15, 0.2) is 30.3 Å². The molecule has 0 saturated heterocycles. The molecule has 5 nitrogen and oxygen atoms in total. The van der Waals surface area contributed by atoms with Gasteiger partial charge in [-0.1, -0.05) is 18.2 Å². The molecule has 1 aromatic carbocycles. The molecule has 0 aromatic heterocycles. The molecule has 1 atom stereocenters. The molecule has 5 heteroatoms. The van der Waals surface area contributed by atoms with Crippen molar-refractivity contribution in [3.05, 3.63) is 30.3 Å². The summed E-state index contributed by atoms with van der Waals surface area (Å²) in [6, 6.07) is 9.31. The van der Waals surface area contributed by atoms with E-state index in [1.165, 1.54) is 0 Å². The Labute approximate surface area is 82.2 Å². The number of benzene rings is 1. The van der Waals surface area contributed by atoms with E-state index < -0.39 is 6.10 Å². The van der Waals surface area contributed by atoms with Gasteiger partial charge in [-0.3, -0.25) is 10.3 Å². The SMILES string of the molecule is O.OCC(O)CONc1ccccc1. The quantitative estimate of drug-likeness (QED) is 0.563. The first-order valence-electron chi connectivity index (χ1n) is 4.04. The number of para-hydroxylation sites is 1. The minimum absolute atomic E-state index is 0. The molecule has 0 aliphatic rings. The lowest BCUT2D eigenvalue weighted by molar-refractivity contribution is 0.0246. The zero-order valence-corrected chi connectivity index (χ0v) is 7.68. The van der Waals surface area contributed by atoms with Crippen molar-refractivity contribution in [2.24, 2.45) is 0 Å². The molecule has 0 amide bonds. The number of aliphatic hydroxyl groups excluding tert-OH is 2. The van der Waals surface area contributed by atoms with Crippen LogP contribution in [0.2, 0.25) is 0 Å². The summed E-state index contributed by atoms with van der Waals surface area (Å²) in [6.45, 7) is -0.234. The molecule has 80 valence electrons. The van der Waals surface area contributed by atoms with Crippen molar-refractivity contribution in [2.45, 2.75) is 6.10 Å². The van der Waals surface area contributed by atoms with Gasteiger partial charge < -0.3 is 15.7 Å². The van der Waals surface area contributed by atoms with Gasteiger partial charge >= 0.3 is 0 Å². The van der Waals surface area contributed by atoms with Gasteiger partial charge in [0.25, 0.3) is 0 Å². The minimum Gasteiger partial charge on any atom is -0.412 e. The Morgan fingerprint density at radius 1 is 1.29 bits per heavy atom. The zero-order chi connectivity index (χ0) is 9.52. The molecule has 0 saturated carbocycles. The fourth-order valence-electron chi connectivity index (χ4n) is 0.780. The maximum Gasteiger partial charge on any atom is 0.103 e. The normalized spacial score (nSPS) is 11.6. The molecule has 14 heavy (non-hydrogen) atoms. The van der Waals surface area contributed by atoms with Gasteiger partial charge in [-0.25, -0.2) is 0 Å². The highest BCUT2D eigenvalue weighted by molar-refractivity contribution is 5.39. The van der Waals surface area contributed by atoms with Crippen molar-refractivity contribution < 1.29 is 20.5 Å². The second-order valence-electron chi connectivity index (χ2n) is 2.62. The Bertz CT molecular complexity index is 230. The first kappa shape index (κ1) is 12.9. The standard InChI is InChI=1S/C9H13NO3.H2O/c11-6-9(12)7-13-10-8-4-2-1-3-5-8;/h1-5,9-12H,6-7H2;1H2. The van der Waals surface area contributed by atoms with Crippen LogP contribution in [0.5, 0.6) is 0 Å². The number of aliphatic hydroxyl groups is 2. The van der Waals surface area contributed by atoms with Gasteiger partial charge in [0.2, 0.25) is 0 Å². The third-order valence-electron chi connectivity index (χ3n) is 1.45. The molecule has 5 N–H and O–H groups in total. The van der Waals surface area contributed by atoms with E-state index in [1.807, 2.05) is 30.3 Å². The van der Waals surface area contributed by atoms with E-state index in [4.69, 9.17) is 15.1 Å². The molecule has 0 bridgehead atoms. The first-order chi connectivity index (χ1) is 6.33. The molecule has 0 heterocycles. The van der Waals surface area contributed by atoms with Crippen LogP contribution in [0.25, 0.3) is 0 Å². The molecule has 0 aliphatic heterocycles. The van der Waals surface area contributed by atoms with Gasteiger partial charge in [-0.15, -0.1) is 0 Å². The molecular formula is C9H15NO4. The molecule has 0 fully saturated rings. The summed E-state index contributed by atoms with van der Waals surface area (Å²) in [4.78, 5) is 4.91. The number of nitrogens with one attached hydrogen (secondary N) is 1. The topological polar surface area (TPSA) is 93.2 Å². The van der Waals surface area contributed by atoms with E-state index in [-0.39, 0.29) is 18.7 Å². The molecule has 1 rings (SSSR count). The van der Waals surface area contributed by atoms with E-state index >= 15 is 0 Å². The van der Waals surface area contributed by atoms with E-state index in [0.29, 0.717) is 0 Å². The van der Waals surface area contributed by atoms with Gasteiger partial charge in [-0.05, 0) is 12.1 Å². The van der Waals surface area contributed by atoms with Crippen LogP contribution in [-0.2, 0) is 4.84 Å². The maximum atomic E-state index is 8.92. The second kappa shape index (κ2) is 7.28. The molecule has 0 radical (unpaired) electrons. The highest BCUT2D eigenvalue weighted by atomic mass is 16.6. The van der Waals surface area contributed by atoms with E-state index in [1.54, 1.807) is 0 Å². The third-order valence-corrected chi connectivity index (χ3v) is 1.45. The Morgan fingerprint density at radius 3 is 2.50 bits per heavy atom. The summed E-state index contributed by atoms with van der Waals surface area (Å²) in [6.07, 6.45) is -0.837. The summed E-state index contributed by atoms with van der Waals surface area (Å²) < 4.78 is 0. The fourth-order valence-corrected chi connectivity index (χ4v) is 0.780. The molecule has 1 aromatic rings. The summed E-state index contributed by atoms with van der Waals surface area (Å²) in [7, 11) is 0. The highest BCUT2D eigenvalue weighted by Gasteiger charge is 2.00. The monoisotopic (exact) mass is 201 g/mol. The molecule has 1 unspecified atom stereocenters. The second-order valence-corrected chi connectivity index (χ2v) is 2.62. The van der Waals surface area contributed by atoms with E-state index in [2.05, 4.69) is 5.48 Å². The number of hydrogen-bond acceptors (Lipinski definition) is 4. The van der Waals surface area contributed by atoms with Crippen LogP contribution in [-0.4, -0.2) is 35.0 Å². The van der Waals surface area contributed by atoms with Gasteiger partial charge in [0.05, 0.1) is 12.3 Å². The number of hydrogen-bond donors (Lipinski definition) is 3. The lowest BCUT2D eigenvalue weighted by Crippen LogP contribution is -2.21. The largest absolute Gasteiger partial charge is 0.412 e. The van der Waals surface area contributed by atoms with Crippen LogP contribution < -0.4 is 5.48 Å². The van der Waals surface area contributed by atoms with E-state index in [9.17, 15) is 0 Å². The van der Waals surface area contributed by atoms with Gasteiger partial charge in [0.15, 0.2) is 0 Å². The Kier molecular flexibility index (Phi) is 6.69. The summed E-state index contributed by atoms with van der Waals surface area (Å²) in [5.41, 5.74) is 3.45. The zero-order valence-electron chi connectivity index (χ0n) is 7.68. The first-order valence-corrected chi connectivity index (χ1v) is 4.04. The molecular weight excluding hydrogens is 186 g/mol. The minimum atomic E-state index is -0.837. The summed E-state index contributed by atoms with van der Waals surface area (Å²) >= 11 is 0. The highest BCUT2D eigenvalue weighted by Crippen LogP contribution is 2.04. The van der Waals surface area contributed by atoms with Crippen molar-refractivity contribution >= 4 is 5.69 Å². The van der Waals surface area contributed by atoms with Gasteiger partial charge in [0, 0.05) is 0 Å². The lowest BCUT2D eigenvalue weighted by atomic mass is 10.3. The van der Waals surface area contributed by atoms with Crippen LogP contribution in [0.1, 0.15) is 0 Å². The summed E-state index contributed by atoms with van der Waals surface area (Å²) in [5, 5.41) is 17.4. The van der Waals surface area contributed by atoms with Gasteiger partial charge in [-0.2, -0.15) is 0 Å². The lowest BCUT2D eigenvalue weighted by Gasteiger charge is -2.09. The fraction of sp³-hybridized carbons (Fsp3) is 0.333. The van der Waals surface area contributed by atoms with Crippen LogP contribution in [0.3, 0.4) is 0 Å². The smallest absolute Gasteiger partial charge is 0.103 e. The van der Waals surface area contributed by atoms with Crippen molar-refractivity contribution in [1.29, 1.82) is 0 Å². The predicted molar refractivity (Wildman–Crippen MR) is 52.7 cm³/mol. The van der Waals surface area contributed by atoms with Crippen LogP contribution >= 0.6 is 0 Å². The maximum absolute atomic E-state index is 8.92. The van der Waals surface area contributed by atoms with Crippen molar-refractivity contribution in [3.63, 3.8) is 0 Å². The number of rotatable bonds is 5. The van der Waals surface area contributed by atoms with Gasteiger partial charge in [0.1, 0.15) is 12.7 Å². The Morgan fingerprint density at radius 2 is 1.93 bits per heavy atom. The van der Waals surface area contributed by atoms with E-state index in [0.717, 1.165) is 5.69 Å². The van der Waals surface area contributed by atoms with Crippen molar-refractivity contribution in [1.82, 2.24) is 0 Å². The summed E-state index contributed by atoms with van der Waals surface area (Å²) in [5.74, 6) is 0. The molecule has 0 aliphatic carbocycles. The molecule has 0 spiro atoms. The van der Waals surface area contributed by atoms with Crippen LogP contribution in [0.4, 0.5) is 5.69 Å². The average Bonchev–Trinajstić information content (AvgIpc) is 2.19. The van der Waals surface area contributed by atoms with Crippen molar-refractivity contribution in [3.8, 4) is 0 Å². The third kappa shape index (κ3) is 4.78. The predicted octanol–water partition coefficient (Wildman–Crippen LogP) is -0.441. The van der Waals surface area contributed by atoms with Crippen LogP contribution in [0, 0.1) is 0 Å². The average molecular weight is 201 g/mol. The van der Waals surface area contributed by atoms with Crippen molar-refractivity contribution in [2.75, 3.05) is 18.7 Å². The Hall–Kier alpha value is -1.14.